The van der Waals surface area contributed by atoms with Crippen LogP contribution in [0.3, 0.4) is 0 Å². The van der Waals surface area contributed by atoms with Crippen molar-refractivity contribution in [3.63, 3.8) is 0 Å². The van der Waals surface area contributed by atoms with Crippen molar-refractivity contribution in [1.29, 1.82) is 5.26 Å². The summed E-state index contributed by atoms with van der Waals surface area (Å²) in [6.07, 6.45) is 3.82. The minimum absolute atomic E-state index is 0.0500. The average molecular weight is 177 g/mol. The summed E-state index contributed by atoms with van der Waals surface area (Å²) in [5, 5.41) is 8.61. The van der Waals surface area contributed by atoms with E-state index in [0.29, 0.717) is 5.41 Å². The molecular weight excluding hydrogens is 165 g/mol. The van der Waals surface area contributed by atoms with E-state index in [-0.39, 0.29) is 18.5 Å². The summed E-state index contributed by atoms with van der Waals surface area (Å²) in [6.45, 7) is 0.238. The summed E-state index contributed by atoms with van der Waals surface area (Å²) in [5.41, 5.74) is 2.51. The molecule has 4 nitrogen and oxygen atoms in total. The van der Waals surface area contributed by atoms with Gasteiger partial charge in [-0.05, 0) is 18.3 Å². The monoisotopic (exact) mass is 177 g/mol. The molecule has 1 heterocycles. The first kappa shape index (κ1) is 8.58. The fourth-order valence-electron chi connectivity index (χ4n) is 2.70. The molecule has 0 radical (unpaired) electrons. The zero-order chi connectivity index (χ0) is 9.47. The van der Waals surface area contributed by atoms with Crippen molar-refractivity contribution in [2.24, 2.45) is 17.2 Å². The van der Waals surface area contributed by atoms with Crippen LogP contribution in [0, 0.1) is 22.6 Å². The summed E-state index contributed by atoms with van der Waals surface area (Å²) in [4.78, 5) is 11.1. The summed E-state index contributed by atoms with van der Waals surface area (Å²) in [7, 11) is 0. The van der Waals surface area contributed by atoms with Crippen LogP contribution in [-0.2, 0) is 4.79 Å². The predicted molar refractivity (Wildman–Crippen MR) is 48.5 cm³/mol. The Kier molecular flexibility index (Phi) is 1.81. The van der Waals surface area contributed by atoms with E-state index in [4.69, 9.17) is 11.1 Å². The SMILES string of the molecule is N#CB1CC2(C1)CC(C(=O)NN)C2. The Morgan fingerprint density at radius 2 is 2.23 bits per heavy atom. The number of nitrogens with one attached hydrogen (secondary N) is 1. The number of hydrogen-bond acceptors (Lipinski definition) is 3. The molecule has 1 saturated heterocycles. The van der Waals surface area contributed by atoms with E-state index in [1.165, 1.54) is 0 Å². The first-order chi connectivity index (χ1) is 6.19. The van der Waals surface area contributed by atoms with Crippen LogP contribution in [0.1, 0.15) is 12.8 Å². The van der Waals surface area contributed by atoms with Gasteiger partial charge in [-0.2, -0.15) is 0 Å². The van der Waals surface area contributed by atoms with Crippen molar-refractivity contribution in [2.45, 2.75) is 25.5 Å². The highest BCUT2D eigenvalue weighted by Crippen LogP contribution is 2.59. The lowest BCUT2D eigenvalue weighted by atomic mass is 9.23. The molecular formula is C8H12BN3O. The molecule has 0 bridgehead atoms. The zero-order valence-electron chi connectivity index (χ0n) is 7.42. The quantitative estimate of drug-likeness (QED) is 0.255. The highest BCUT2D eigenvalue weighted by atomic mass is 16.2. The minimum Gasteiger partial charge on any atom is -0.294 e. The number of hydrogen-bond donors (Lipinski definition) is 2. The summed E-state index contributed by atoms with van der Waals surface area (Å²) in [5.74, 6) is 7.34. The number of rotatable bonds is 1. The molecule has 1 aliphatic heterocycles. The highest BCUT2D eigenvalue weighted by molar-refractivity contribution is 6.70. The van der Waals surface area contributed by atoms with Gasteiger partial charge in [0.15, 0.2) is 0 Å². The third-order valence-corrected chi connectivity index (χ3v) is 3.41. The Morgan fingerprint density at radius 1 is 1.62 bits per heavy atom. The molecule has 2 rings (SSSR count). The van der Waals surface area contributed by atoms with Gasteiger partial charge in [0.2, 0.25) is 5.91 Å². The molecule has 13 heavy (non-hydrogen) atoms. The largest absolute Gasteiger partial charge is 0.294 e. The molecule has 2 fully saturated rings. The second-order valence-electron chi connectivity index (χ2n) is 4.35. The van der Waals surface area contributed by atoms with E-state index in [9.17, 15) is 4.79 Å². The first-order valence-corrected chi connectivity index (χ1v) is 4.59. The molecule has 0 unspecified atom stereocenters. The third kappa shape index (κ3) is 1.22. The summed E-state index contributed by atoms with van der Waals surface area (Å²) >= 11 is 0. The maximum Gasteiger partial charge on any atom is 0.268 e. The standard InChI is InChI=1S/C8H12BN3O/c10-5-9-3-8(4-9)1-6(2-8)7(13)12-11/h6H,1-4,11H2,(H,12,13). The van der Waals surface area contributed by atoms with E-state index in [1.54, 1.807) is 0 Å². The minimum atomic E-state index is -0.0500. The second-order valence-corrected chi connectivity index (χ2v) is 4.35. The van der Waals surface area contributed by atoms with Gasteiger partial charge in [-0.3, -0.25) is 10.2 Å². The van der Waals surface area contributed by atoms with Crippen LogP contribution >= 0.6 is 0 Å². The van der Waals surface area contributed by atoms with E-state index >= 15 is 0 Å². The summed E-state index contributed by atoms with van der Waals surface area (Å²) in [6, 6.07) is 0. The van der Waals surface area contributed by atoms with Crippen LogP contribution in [0.4, 0.5) is 0 Å². The van der Waals surface area contributed by atoms with Crippen LogP contribution in [0.25, 0.3) is 0 Å². The Hall–Kier alpha value is -1.02. The second kappa shape index (κ2) is 2.74. The van der Waals surface area contributed by atoms with E-state index < -0.39 is 0 Å². The number of hydrazine groups is 1. The normalized spacial score (nSPS) is 24.5. The molecule has 68 valence electrons. The molecule has 5 heteroatoms. The molecule has 0 aromatic heterocycles. The Bertz CT molecular complexity index is 272. The van der Waals surface area contributed by atoms with Crippen molar-refractivity contribution in [2.75, 3.05) is 0 Å². The lowest BCUT2D eigenvalue weighted by molar-refractivity contribution is -0.132. The van der Waals surface area contributed by atoms with Gasteiger partial charge in [0.25, 0.3) is 6.71 Å². The first-order valence-electron chi connectivity index (χ1n) is 4.59. The van der Waals surface area contributed by atoms with E-state index in [2.05, 4.69) is 11.4 Å². The Labute approximate surface area is 77.5 Å². The summed E-state index contributed by atoms with van der Waals surface area (Å²) < 4.78 is 0. The molecule has 2 aliphatic rings. The average Bonchev–Trinajstić information content (AvgIpc) is 1.99. The lowest BCUT2D eigenvalue weighted by Crippen LogP contribution is -2.54. The molecule has 0 aromatic carbocycles. The third-order valence-electron chi connectivity index (χ3n) is 3.41. The number of carbonyl (C=O) groups excluding carboxylic acids is 1. The van der Waals surface area contributed by atoms with Gasteiger partial charge in [0.05, 0.1) is 0 Å². The van der Waals surface area contributed by atoms with Crippen LogP contribution in [0.15, 0.2) is 0 Å². The predicted octanol–water partition coefficient (Wildman–Crippen LogP) is -0.0561. The molecule has 1 saturated carbocycles. The van der Waals surface area contributed by atoms with Gasteiger partial charge in [-0.15, -0.1) is 0 Å². The number of nitriles is 1. The van der Waals surface area contributed by atoms with Crippen molar-refractivity contribution >= 4 is 12.6 Å². The highest BCUT2D eigenvalue weighted by Gasteiger charge is 2.56. The van der Waals surface area contributed by atoms with Crippen LogP contribution in [0.2, 0.25) is 12.6 Å². The van der Waals surface area contributed by atoms with Crippen LogP contribution < -0.4 is 11.3 Å². The molecule has 1 aliphatic carbocycles. The van der Waals surface area contributed by atoms with Gasteiger partial charge in [0, 0.05) is 11.9 Å². The van der Waals surface area contributed by atoms with E-state index in [1.807, 2.05) is 0 Å². The van der Waals surface area contributed by atoms with Gasteiger partial charge < -0.3 is 0 Å². The van der Waals surface area contributed by atoms with Crippen molar-refractivity contribution < 1.29 is 4.79 Å². The maximum absolute atomic E-state index is 11.1. The fourth-order valence-corrected chi connectivity index (χ4v) is 2.70. The Morgan fingerprint density at radius 3 is 2.69 bits per heavy atom. The van der Waals surface area contributed by atoms with Crippen molar-refractivity contribution in [3.05, 3.63) is 0 Å². The lowest BCUT2D eigenvalue weighted by Gasteiger charge is -2.54. The number of amides is 1. The Balaban J connectivity index is 1.80. The van der Waals surface area contributed by atoms with Gasteiger partial charge >= 0.3 is 0 Å². The van der Waals surface area contributed by atoms with Gasteiger partial charge in [-0.1, -0.05) is 12.6 Å². The number of carbonyl (C=O) groups is 1. The molecule has 3 N–H and O–H groups in total. The maximum atomic E-state index is 11.1. The zero-order valence-corrected chi connectivity index (χ0v) is 7.42. The fraction of sp³-hybridized carbons (Fsp3) is 0.750. The van der Waals surface area contributed by atoms with Crippen molar-refractivity contribution in [1.82, 2.24) is 5.43 Å². The van der Waals surface area contributed by atoms with Gasteiger partial charge in [0.1, 0.15) is 0 Å². The number of nitrogens with two attached hydrogens (primary N) is 1. The van der Waals surface area contributed by atoms with Crippen LogP contribution in [0.5, 0.6) is 0 Å². The molecule has 0 atom stereocenters. The smallest absolute Gasteiger partial charge is 0.268 e. The topological polar surface area (TPSA) is 78.9 Å². The van der Waals surface area contributed by atoms with Crippen LogP contribution in [-0.4, -0.2) is 12.6 Å². The van der Waals surface area contributed by atoms with Crippen molar-refractivity contribution in [3.8, 4) is 5.97 Å². The molecule has 1 spiro atoms. The number of nitrogens with zero attached hydrogens (tertiary/aromatic N) is 1. The molecule has 0 aromatic rings. The van der Waals surface area contributed by atoms with Gasteiger partial charge in [-0.25, -0.2) is 11.1 Å². The van der Waals surface area contributed by atoms with E-state index in [0.717, 1.165) is 25.5 Å². The molecule has 1 amide bonds.